The largest absolute Gasteiger partial charge is 0.241 e. The second-order valence-electron chi connectivity index (χ2n) is 6.06. The third-order valence-corrected chi connectivity index (χ3v) is 6.54. The van der Waals surface area contributed by atoms with E-state index in [1.807, 2.05) is 11.3 Å². The molecule has 1 saturated carbocycles. The summed E-state index contributed by atoms with van der Waals surface area (Å²) in [5, 5.41) is 1.35. The fourth-order valence-electron chi connectivity index (χ4n) is 3.31. The van der Waals surface area contributed by atoms with Crippen molar-refractivity contribution in [3.8, 4) is 11.3 Å². The van der Waals surface area contributed by atoms with Gasteiger partial charge >= 0.3 is 0 Å². The Labute approximate surface area is 139 Å². The van der Waals surface area contributed by atoms with E-state index < -0.39 is 0 Å². The number of thiazole rings is 1. The molecule has 1 aliphatic rings. The molecule has 0 saturated heterocycles. The molecule has 0 radical (unpaired) electrons. The molecule has 1 nitrogen and oxygen atoms in total. The SMILES string of the molecule is CCC1CCC(c2nc(-c3ccccc3Br)c(C)s2)CC1. The van der Waals surface area contributed by atoms with Crippen molar-refractivity contribution in [2.75, 3.05) is 0 Å². The highest BCUT2D eigenvalue weighted by molar-refractivity contribution is 9.10. The molecule has 21 heavy (non-hydrogen) atoms. The first-order valence-corrected chi connectivity index (χ1v) is 9.52. The molecule has 0 N–H and O–H groups in total. The van der Waals surface area contributed by atoms with Gasteiger partial charge in [-0.15, -0.1) is 11.3 Å². The van der Waals surface area contributed by atoms with Gasteiger partial charge in [0.25, 0.3) is 0 Å². The molecule has 1 fully saturated rings. The second kappa shape index (κ2) is 6.62. The molecule has 0 unspecified atom stereocenters. The van der Waals surface area contributed by atoms with E-state index in [0.29, 0.717) is 5.92 Å². The van der Waals surface area contributed by atoms with Gasteiger partial charge in [-0.05, 0) is 44.6 Å². The van der Waals surface area contributed by atoms with Crippen LogP contribution in [0.25, 0.3) is 11.3 Å². The highest BCUT2D eigenvalue weighted by Crippen LogP contribution is 2.41. The Morgan fingerprint density at radius 1 is 1.19 bits per heavy atom. The predicted molar refractivity (Wildman–Crippen MR) is 95.0 cm³/mol. The van der Waals surface area contributed by atoms with E-state index in [9.17, 15) is 0 Å². The number of hydrogen-bond acceptors (Lipinski definition) is 2. The lowest BCUT2D eigenvalue weighted by molar-refractivity contribution is 0.318. The molecule has 1 heterocycles. The van der Waals surface area contributed by atoms with Crippen molar-refractivity contribution in [1.82, 2.24) is 4.98 Å². The molecule has 0 aliphatic heterocycles. The van der Waals surface area contributed by atoms with Gasteiger partial charge in [0.05, 0.1) is 10.7 Å². The summed E-state index contributed by atoms with van der Waals surface area (Å²) in [6.07, 6.45) is 6.74. The Kier molecular flexibility index (Phi) is 4.80. The highest BCUT2D eigenvalue weighted by atomic mass is 79.9. The maximum Gasteiger partial charge on any atom is 0.0966 e. The van der Waals surface area contributed by atoms with Gasteiger partial charge < -0.3 is 0 Å². The van der Waals surface area contributed by atoms with Crippen LogP contribution in [-0.4, -0.2) is 4.98 Å². The summed E-state index contributed by atoms with van der Waals surface area (Å²) < 4.78 is 1.14. The molecule has 2 aromatic rings. The van der Waals surface area contributed by atoms with Gasteiger partial charge in [0.2, 0.25) is 0 Å². The Morgan fingerprint density at radius 2 is 1.90 bits per heavy atom. The summed E-state index contributed by atoms with van der Waals surface area (Å²) in [6, 6.07) is 8.40. The summed E-state index contributed by atoms with van der Waals surface area (Å²) in [7, 11) is 0. The Balaban J connectivity index is 1.84. The lowest BCUT2D eigenvalue weighted by Crippen LogP contribution is -2.12. The van der Waals surface area contributed by atoms with Gasteiger partial charge in [0.15, 0.2) is 0 Å². The van der Waals surface area contributed by atoms with Crippen LogP contribution in [0.3, 0.4) is 0 Å². The number of aromatic nitrogens is 1. The number of benzene rings is 1. The van der Waals surface area contributed by atoms with Gasteiger partial charge in [-0.3, -0.25) is 0 Å². The van der Waals surface area contributed by atoms with Crippen molar-refractivity contribution >= 4 is 27.3 Å². The highest BCUT2D eigenvalue weighted by Gasteiger charge is 2.24. The summed E-state index contributed by atoms with van der Waals surface area (Å²) in [4.78, 5) is 6.35. The summed E-state index contributed by atoms with van der Waals surface area (Å²) >= 11 is 5.56. The van der Waals surface area contributed by atoms with Crippen LogP contribution in [0.2, 0.25) is 0 Å². The Morgan fingerprint density at radius 3 is 2.57 bits per heavy atom. The van der Waals surface area contributed by atoms with Crippen LogP contribution < -0.4 is 0 Å². The van der Waals surface area contributed by atoms with Gasteiger partial charge in [-0.2, -0.15) is 0 Å². The third-order valence-electron chi connectivity index (χ3n) is 4.72. The average Bonchev–Trinajstić information content (AvgIpc) is 2.90. The lowest BCUT2D eigenvalue weighted by Gasteiger charge is -2.26. The van der Waals surface area contributed by atoms with Crippen LogP contribution in [0.1, 0.15) is 54.8 Å². The lowest BCUT2D eigenvalue weighted by atomic mass is 9.81. The molecule has 0 amide bonds. The third kappa shape index (κ3) is 3.24. The zero-order valence-electron chi connectivity index (χ0n) is 12.7. The van der Waals surface area contributed by atoms with Crippen molar-refractivity contribution in [2.45, 2.75) is 51.9 Å². The normalized spacial score (nSPS) is 22.4. The van der Waals surface area contributed by atoms with Crippen LogP contribution in [0.15, 0.2) is 28.7 Å². The monoisotopic (exact) mass is 363 g/mol. The molecule has 0 atom stereocenters. The van der Waals surface area contributed by atoms with Crippen molar-refractivity contribution in [3.63, 3.8) is 0 Å². The smallest absolute Gasteiger partial charge is 0.0966 e. The van der Waals surface area contributed by atoms with Crippen LogP contribution in [0, 0.1) is 12.8 Å². The number of aryl methyl sites for hydroxylation is 1. The van der Waals surface area contributed by atoms with Crippen molar-refractivity contribution in [2.24, 2.45) is 5.92 Å². The molecule has 3 heteroatoms. The second-order valence-corrected chi connectivity index (χ2v) is 8.15. The van der Waals surface area contributed by atoms with E-state index in [2.05, 4.69) is 54.0 Å². The quantitative estimate of drug-likeness (QED) is 0.601. The van der Waals surface area contributed by atoms with Crippen LogP contribution in [0.5, 0.6) is 0 Å². The number of nitrogens with zero attached hydrogens (tertiary/aromatic N) is 1. The van der Waals surface area contributed by atoms with E-state index in [0.717, 1.165) is 10.4 Å². The molecular formula is C18H22BrNS. The minimum Gasteiger partial charge on any atom is -0.241 e. The summed E-state index contributed by atoms with van der Waals surface area (Å²) in [5.74, 6) is 1.64. The van der Waals surface area contributed by atoms with E-state index in [1.165, 1.54) is 53.2 Å². The fourth-order valence-corrected chi connectivity index (χ4v) is 4.89. The minimum absolute atomic E-state index is 0.688. The predicted octanol–water partition coefficient (Wildman–Crippen LogP) is 6.56. The maximum absolute atomic E-state index is 5.00. The van der Waals surface area contributed by atoms with E-state index in [4.69, 9.17) is 4.98 Å². The summed E-state index contributed by atoms with van der Waals surface area (Å²) in [6.45, 7) is 4.52. The van der Waals surface area contributed by atoms with Gasteiger partial charge in [-0.1, -0.05) is 47.5 Å². The van der Waals surface area contributed by atoms with Gasteiger partial charge in [0.1, 0.15) is 0 Å². The molecule has 0 bridgehead atoms. The van der Waals surface area contributed by atoms with Crippen LogP contribution >= 0.6 is 27.3 Å². The fraction of sp³-hybridized carbons (Fsp3) is 0.500. The number of halogens is 1. The van der Waals surface area contributed by atoms with E-state index >= 15 is 0 Å². The molecule has 1 aromatic carbocycles. The molecule has 3 rings (SSSR count). The zero-order chi connectivity index (χ0) is 14.8. The first-order valence-electron chi connectivity index (χ1n) is 7.91. The standard InChI is InChI=1S/C18H22BrNS/c1-3-13-8-10-14(11-9-13)18-20-17(12(2)21-18)15-6-4-5-7-16(15)19/h4-7,13-14H,3,8-11H2,1-2H3. The maximum atomic E-state index is 5.00. The first-order chi connectivity index (χ1) is 10.2. The first kappa shape index (κ1) is 15.2. The summed E-state index contributed by atoms with van der Waals surface area (Å²) in [5.41, 5.74) is 2.39. The zero-order valence-corrected chi connectivity index (χ0v) is 15.1. The minimum atomic E-state index is 0.688. The van der Waals surface area contributed by atoms with Crippen LogP contribution in [0.4, 0.5) is 0 Å². The molecule has 1 aliphatic carbocycles. The van der Waals surface area contributed by atoms with Crippen molar-refractivity contribution < 1.29 is 0 Å². The van der Waals surface area contributed by atoms with Crippen molar-refractivity contribution in [3.05, 3.63) is 38.6 Å². The molecule has 0 spiro atoms. The number of rotatable bonds is 3. The Hall–Kier alpha value is -0.670. The number of hydrogen-bond donors (Lipinski definition) is 0. The van der Waals surface area contributed by atoms with Gasteiger partial charge in [0, 0.05) is 20.8 Å². The van der Waals surface area contributed by atoms with Crippen LogP contribution in [-0.2, 0) is 0 Å². The average molecular weight is 364 g/mol. The van der Waals surface area contributed by atoms with E-state index in [1.54, 1.807) is 0 Å². The van der Waals surface area contributed by atoms with Gasteiger partial charge in [-0.25, -0.2) is 4.98 Å². The topological polar surface area (TPSA) is 12.9 Å². The molecule has 1 aromatic heterocycles. The molecule has 112 valence electrons. The molecular weight excluding hydrogens is 342 g/mol. The van der Waals surface area contributed by atoms with E-state index in [-0.39, 0.29) is 0 Å². The van der Waals surface area contributed by atoms with Crippen molar-refractivity contribution in [1.29, 1.82) is 0 Å². The Bertz CT molecular complexity index is 611.